The molecule has 1 aliphatic rings. The van der Waals surface area contributed by atoms with E-state index < -0.39 is 0 Å². The summed E-state index contributed by atoms with van der Waals surface area (Å²) in [6, 6.07) is 26.6. The van der Waals surface area contributed by atoms with E-state index in [2.05, 4.69) is 41.8 Å². The summed E-state index contributed by atoms with van der Waals surface area (Å²) in [4.78, 5) is 20.0. The van der Waals surface area contributed by atoms with E-state index in [-0.39, 0.29) is 17.9 Å². The summed E-state index contributed by atoms with van der Waals surface area (Å²) in [6.45, 7) is 5.31. The van der Waals surface area contributed by atoms with E-state index in [1.807, 2.05) is 60.4 Å². The number of hydrogen-bond donors (Lipinski definition) is 0. The number of fused-ring (bicyclic) bond motifs is 1. The Kier molecular flexibility index (Phi) is 5.39. The van der Waals surface area contributed by atoms with E-state index in [1.54, 1.807) is 0 Å². The van der Waals surface area contributed by atoms with Gasteiger partial charge in [0, 0.05) is 18.9 Å². The Morgan fingerprint density at radius 1 is 1.00 bits per heavy atom. The van der Waals surface area contributed by atoms with E-state index in [0.717, 1.165) is 28.3 Å². The molecule has 0 aliphatic carbocycles. The van der Waals surface area contributed by atoms with Crippen molar-refractivity contribution in [2.24, 2.45) is 0 Å². The summed E-state index contributed by atoms with van der Waals surface area (Å²) in [5.41, 5.74) is 4.12. The van der Waals surface area contributed by atoms with Crippen LogP contribution < -0.4 is 9.64 Å². The summed E-state index contributed by atoms with van der Waals surface area (Å²) >= 11 is 0. The number of benzene rings is 3. The molecular formula is C27H27N3O2. The largest absolute Gasteiger partial charge is 0.492 e. The lowest BCUT2D eigenvalue weighted by molar-refractivity contribution is -0.117. The first-order valence-corrected chi connectivity index (χ1v) is 11.2. The number of nitrogens with zero attached hydrogens (tertiary/aromatic N) is 3. The predicted octanol–water partition coefficient (Wildman–Crippen LogP) is 5.56. The van der Waals surface area contributed by atoms with Crippen molar-refractivity contribution in [3.05, 3.63) is 90.3 Å². The minimum absolute atomic E-state index is 0.00995. The second-order valence-corrected chi connectivity index (χ2v) is 8.22. The fourth-order valence-electron chi connectivity index (χ4n) is 4.71. The Labute approximate surface area is 188 Å². The topological polar surface area (TPSA) is 47.4 Å². The van der Waals surface area contributed by atoms with Crippen molar-refractivity contribution in [3.8, 4) is 5.75 Å². The van der Waals surface area contributed by atoms with E-state index in [1.165, 1.54) is 5.56 Å². The van der Waals surface area contributed by atoms with Crippen LogP contribution in [0.5, 0.6) is 5.75 Å². The molecule has 5 nitrogen and oxygen atoms in total. The zero-order chi connectivity index (χ0) is 22.1. The number of carbonyl (C=O) groups excluding carboxylic acids is 1. The third kappa shape index (κ3) is 3.54. The van der Waals surface area contributed by atoms with Crippen LogP contribution in [-0.4, -0.2) is 28.6 Å². The van der Waals surface area contributed by atoms with Crippen molar-refractivity contribution in [2.75, 3.05) is 18.1 Å². The number of amides is 1. The number of anilines is 1. The number of ether oxygens (including phenoxy) is 1. The standard InChI is InChI=1S/C27H27N3O2/c1-3-32-25-16-10-9-15-24(25)29-18-21(17-26(29)31)27-28-22-13-7-8-14-23(22)30(27)19(2)20-11-5-4-6-12-20/h4-16,19,21H,3,17-18H2,1-2H3/t19-,21+/m1/s1. The molecule has 1 saturated heterocycles. The highest BCUT2D eigenvalue weighted by molar-refractivity contribution is 5.98. The Bertz CT molecular complexity index is 1250. The van der Waals surface area contributed by atoms with Crippen molar-refractivity contribution in [3.63, 3.8) is 0 Å². The fourth-order valence-corrected chi connectivity index (χ4v) is 4.71. The van der Waals surface area contributed by atoms with Crippen LogP contribution in [0.2, 0.25) is 0 Å². The van der Waals surface area contributed by atoms with Gasteiger partial charge in [0.15, 0.2) is 0 Å². The first-order chi connectivity index (χ1) is 15.7. The molecule has 0 saturated carbocycles. The van der Waals surface area contributed by atoms with Crippen LogP contribution >= 0.6 is 0 Å². The Hall–Kier alpha value is -3.60. The van der Waals surface area contributed by atoms with Crippen molar-refractivity contribution >= 4 is 22.6 Å². The number of hydrogen-bond acceptors (Lipinski definition) is 3. The van der Waals surface area contributed by atoms with Crippen LogP contribution in [0.1, 0.15) is 43.6 Å². The van der Waals surface area contributed by atoms with Crippen LogP contribution in [0.3, 0.4) is 0 Å². The fraction of sp³-hybridized carbons (Fsp3) is 0.259. The van der Waals surface area contributed by atoms with Crippen LogP contribution in [0, 0.1) is 0 Å². The average molecular weight is 426 g/mol. The number of imidazole rings is 1. The minimum Gasteiger partial charge on any atom is -0.492 e. The normalized spacial score (nSPS) is 17.1. The average Bonchev–Trinajstić information content (AvgIpc) is 3.40. The number of carbonyl (C=O) groups is 1. The molecule has 1 aliphatic heterocycles. The zero-order valence-electron chi connectivity index (χ0n) is 18.4. The van der Waals surface area contributed by atoms with Gasteiger partial charge in [0.05, 0.1) is 29.4 Å². The van der Waals surface area contributed by atoms with E-state index >= 15 is 0 Å². The van der Waals surface area contributed by atoms with Gasteiger partial charge in [-0.3, -0.25) is 4.79 Å². The van der Waals surface area contributed by atoms with E-state index in [0.29, 0.717) is 19.6 Å². The molecule has 1 aromatic heterocycles. The van der Waals surface area contributed by atoms with Crippen molar-refractivity contribution in [1.29, 1.82) is 0 Å². The molecule has 32 heavy (non-hydrogen) atoms. The maximum Gasteiger partial charge on any atom is 0.227 e. The van der Waals surface area contributed by atoms with Gasteiger partial charge in [-0.2, -0.15) is 0 Å². The first-order valence-electron chi connectivity index (χ1n) is 11.2. The lowest BCUT2D eigenvalue weighted by Gasteiger charge is -2.22. The Morgan fingerprint density at radius 2 is 1.72 bits per heavy atom. The van der Waals surface area contributed by atoms with E-state index in [9.17, 15) is 4.79 Å². The van der Waals surface area contributed by atoms with Gasteiger partial charge >= 0.3 is 0 Å². The lowest BCUT2D eigenvalue weighted by Crippen LogP contribution is -2.25. The smallest absolute Gasteiger partial charge is 0.227 e. The molecule has 3 aromatic carbocycles. The monoisotopic (exact) mass is 425 g/mol. The summed E-state index contributed by atoms with van der Waals surface area (Å²) in [7, 11) is 0. The Balaban J connectivity index is 1.55. The number of rotatable bonds is 6. The highest BCUT2D eigenvalue weighted by atomic mass is 16.5. The molecule has 1 fully saturated rings. The molecule has 4 aromatic rings. The summed E-state index contributed by atoms with van der Waals surface area (Å²) < 4.78 is 8.10. The molecule has 1 amide bonds. The van der Waals surface area contributed by atoms with Crippen LogP contribution in [0.4, 0.5) is 5.69 Å². The molecule has 5 heteroatoms. The van der Waals surface area contributed by atoms with Gasteiger partial charge in [-0.05, 0) is 43.7 Å². The van der Waals surface area contributed by atoms with Crippen LogP contribution in [-0.2, 0) is 4.79 Å². The molecule has 5 rings (SSSR count). The van der Waals surface area contributed by atoms with Gasteiger partial charge in [-0.15, -0.1) is 0 Å². The van der Waals surface area contributed by atoms with Crippen molar-refractivity contribution in [1.82, 2.24) is 9.55 Å². The predicted molar refractivity (Wildman–Crippen MR) is 127 cm³/mol. The second-order valence-electron chi connectivity index (χ2n) is 8.22. The highest BCUT2D eigenvalue weighted by Crippen LogP contribution is 2.38. The maximum atomic E-state index is 13.1. The number of aromatic nitrogens is 2. The van der Waals surface area contributed by atoms with Gasteiger partial charge in [-0.1, -0.05) is 54.6 Å². The molecule has 0 unspecified atom stereocenters. The molecule has 2 atom stereocenters. The van der Waals surface area contributed by atoms with E-state index in [4.69, 9.17) is 9.72 Å². The van der Waals surface area contributed by atoms with Gasteiger partial charge in [0.1, 0.15) is 11.6 Å². The van der Waals surface area contributed by atoms with Gasteiger partial charge in [0.2, 0.25) is 5.91 Å². The van der Waals surface area contributed by atoms with Gasteiger partial charge in [-0.25, -0.2) is 4.98 Å². The lowest BCUT2D eigenvalue weighted by atomic mass is 10.0. The summed E-state index contributed by atoms with van der Waals surface area (Å²) in [5, 5.41) is 0. The second kappa shape index (κ2) is 8.50. The van der Waals surface area contributed by atoms with Gasteiger partial charge in [0.25, 0.3) is 0 Å². The summed E-state index contributed by atoms with van der Waals surface area (Å²) in [6.07, 6.45) is 0.436. The minimum atomic E-state index is 0.00995. The highest BCUT2D eigenvalue weighted by Gasteiger charge is 2.36. The molecular weight excluding hydrogens is 398 g/mol. The zero-order valence-corrected chi connectivity index (χ0v) is 18.4. The quantitative estimate of drug-likeness (QED) is 0.406. The third-order valence-corrected chi connectivity index (χ3v) is 6.24. The molecule has 0 N–H and O–H groups in total. The van der Waals surface area contributed by atoms with Gasteiger partial charge < -0.3 is 14.2 Å². The summed E-state index contributed by atoms with van der Waals surface area (Å²) in [5.74, 6) is 1.83. The SMILES string of the molecule is CCOc1ccccc1N1C[C@@H](c2nc3ccccc3n2[C@H](C)c2ccccc2)CC1=O. The molecule has 162 valence electrons. The molecule has 0 bridgehead atoms. The Morgan fingerprint density at radius 3 is 2.53 bits per heavy atom. The molecule has 0 radical (unpaired) electrons. The van der Waals surface area contributed by atoms with Crippen LogP contribution in [0.25, 0.3) is 11.0 Å². The maximum absolute atomic E-state index is 13.1. The van der Waals surface area contributed by atoms with Crippen molar-refractivity contribution < 1.29 is 9.53 Å². The molecule has 0 spiro atoms. The number of para-hydroxylation sites is 4. The van der Waals surface area contributed by atoms with Crippen LogP contribution in [0.15, 0.2) is 78.9 Å². The molecule has 2 heterocycles. The van der Waals surface area contributed by atoms with Crippen molar-refractivity contribution in [2.45, 2.75) is 32.2 Å². The third-order valence-electron chi connectivity index (χ3n) is 6.24. The first kappa shape index (κ1) is 20.3.